The molecule has 28 heavy (non-hydrogen) atoms. The van der Waals surface area contributed by atoms with Crippen molar-refractivity contribution in [1.82, 2.24) is 4.83 Å². The monoisotopic (exact) mass is 406 g/mol. The van der Waals surface area contributed by atoms with Gasteiger partial charge in [0.05, 0.1) is 4.90 Å². The average molecular weight is 407 g/mol. The molecule has 0 aromatic heterocycles. The molecule has 2 atom stereocenters. The average Bonchev–Trinajstić information content (AvgIpc) is 2.61. The highest BCUT2D eigenvalue weighted by atomic mass is 32.2. The van der Waals surface area contributed by atoms with Crippen LogP contribution in [-0.2, 0) is 10.0 Å². The molecular formula is C23H38N2O2S. The summed E-state index contributed by atoms with van der Waals surface area (Å²) in [5, 5.41) is 4.40. The topological polar surface area (TPSA) is 58.5 Å². The summed E-state index contributed by atoms with van der Waals surface area (Å²) < 4.78 is 26.8. The molecule has 1 saturated carbocycles. The van der Waals surface area contributed by atoms with Crippen molar-refractivity contribution >= 4 is 15.7 Å². The minimum atomic E-state index is -3.73. The molecule has 1 aromatic rings. The minimum absolute atomic E-state index is 0.115. The lowest BCUT2D eigenvalue weighted by molar-refractivity contribution is 0.443. The second-order valence-electron chi connectivity index (χ2n) is 9.48. The highest BCUT2D eigenvalue weighted by molar-refractivity contribution is 7.89. The van der Waals surface area contributed by atoms with Crippen LogP contribution in [0, 0.1) is 11.8 Å². The Morgan fingerprint density at radius 2 is 1.46 bits per heavy atom. The number of nitrogens with one attached hydrogen (secondary N) is 1. The lowest BCUT2D eigenvalue weighted by Gasteiger charge is -2.26. The third kappa shape index (κ3) is 5.16. The van der Waals surface area contributed by atoms with E-state index in [0.29, 0.717) is 22.6 Å². The normalized spacial score (nSPS) is 22.5. The van der Waals surface area contributed by atoms with Crippen LogP contribution in [-0.4, -0.2) is 14.1 Å². The molecule has 2 unspecified atom stereocenters. The summed E-state index contributed by atoms with van der Waals surface area (Å²) in [4.78, 5) is 3.01. The van der Waals surface area contributed by atoms with Gasteiger partial charge in [0.1, 0.15) is 0 Å². The van der Waals surface area contributed by atoms with Crippen molar-refractivity contribution in [3.05, 3.63) is 28.8 Å². The van der Waals surface area contributed by atoms with Crippen molar-refractivity contribution in [3.8, 4) is 0 Å². The highest BCUT2D eigenvalue weighted by Gasteiger charge is 2.28. The summed E-state index contributed by atoms with van der Waals surface area (Å²) in [6.07, 6.45) is 3.11. The lowest BCUT2D eigenvalue weighted by atomic mass is 9.82. The molecule has 0 saturated heterocycles. The molecule has 1 aromatic carbocycles. The summed E-state index contributed by atoms with van der Waals surface area (Å²) in [6, 6.07) is 4.13. The third-order valence-electron chi connectivity index (χ3n) is 5.88. The first-order valence-electron chi connectivity index (χ1n) is 10.7. The van der Waals surface area contributed by atoms with Gasteiger partial charge in [-0.2, -0.15) is 13.5 Å². The Morgan fingerprint density at radius 3 is 1.93 bits per heavy atom. The number of sulfonamides is 1. The van der Waals surface area contributed by atoms with Crippen LogP contribution >= 0.6 is 0 Å². The maximum absolute atomic E-state index is 13.4. The molecule has 1 aliphatic carbocycles. The summed E-state index contributed by atoms with van der Waals surface area (Å²) in [5.41, 5.74) is 3.92. The number of rotatable bonds is 6. The van der Waals surface area contributed by atoms with Gasteiger partial charge in [-0.05, 0) is 65.5 Å². The molecule has 4 nitrogen and oxygen atoms in total. The van der Waals surface area contributed by atoms with E-state index < -0.39 is 10.0 Å². The van der Waals surface area contributed by atoms with E-state index in [4.69, 9.17) is 0 Å². The summed E-state index contributed by atoms with van der Waals surface area (Å²) in [6.45, 7) is 16.8. The quantitative estimate of drug-likeness (QED) is 0.576. The molecule has 2 rings (SSSR count). The van der Waals surface area contributed by atoms with Gasteiger partial charge in [0.2, 0.25) is 0 Å². The van der Waals surface area contributed by atoms with Gasteiger partial charge in [-0.15, -0.1) is 0 Å². The van der Waals surface area contributed by atoms with E-state index in [1.165, 1.54) is 12.0 Å². The van der Waals surface area contributed by atoms with E-state index in [9.17, 15) is 8.42 Å². The van der Waals surface area contributed by atoms with E-state index >= 15 is 0 Å². The van der Waals surface area contributed by atoms with Gasteiger partial charge in [-0.25, -0.2) is 4.83 Å². The molecule has 0 heterocycles. The Morgan fingerprint density at radius 1 is 0.929 bits per heavy atom. The largest absolute Gasteiger partial charge is 0.277 e. The molecule has 0 amide bonds. The van der Waals surface area contributed by atoms with Crippen molar-refractivity contribution in [2.75, 3.05) is 0 Å². The van der Waals surface area contributed by atoms with Crippen LogP contribution in [0.5, 0.6) is 0 Å². The number of hydrazone groups is 1. The van der Waals surface area contributed by atoms with Gasteiger partial charge in [-0.3, -0.25) is 0 Å². The smallest absolute Gasteiger partial charge is 0.200 e. The fourth-order valence-corrected chi connectivity index (χ4v) is 5.42. The Bertz CT molecular complexity index is 794. The second kappa shape index (κ2) is 8.98. The zero-order valence-electron chi connectivity index (χ0n) is 18.8. The second-order valence-corrected chi connectivity index (χ2v) is 11.1. The van der Waals surface area contributed by atoms with Crippen LogP contribution in [0.3, 0.4) is 0 Å². The third-order valence-corrected chi connectivity index (χ3v) is 7.22. The van der Waals surface area contributed by atoms with Crippen molar-refractivity contribution in [2.45, 2.75) is 97.3 Å². The van der Waals surface area contributed by atoms with Gasteiger partial charge in [0, 0.05) is 5.71 Å². The predicted molar refractivity (Wildman–Crippen MR) is 119 cm³/mol. The highest BCUT2D eigenvalue weighted by Crippen LogP contribution is 2.35. The minimum Gasteiger partial charge on any atom is -0.200 e. The van der Waals surface area contributed by atoms with Gasteiger partial charge in [0.15, 0.2) is 0 Å². The molecule has 1 N–H and O–H groups in total. The molecule has 1 aliphatic rings. The molecule has 0 spiro atoms. The summed E-state index contributed by atoms with van der Waals surface area (Å²) >= 11 is 0. The first-order chi connectivity index (χ1) is 12.9. The van der Waals surface area contributed by atoms with Gasteiger partial charge >= 0.3 is 0 Å². The van der Waals surface area contributed by atoms with Crippen LogP contribution in [0.1, 0.15) is 109 Å². The zero-order valence-corrected chi connectivity index (χ0v) is 19.7. The molecule has 0 radical (unpaired) electrons. The van der Waals surface area contributed by atoms with Crippen LogP contribution in [0.2, 0.25) is 0 Å². The van der Waals surface area contributed by atoms with Crippen LogP contribution in [0.15, 0.2) is 22.1 Å². The number of benzene rings is 1. The van der Waals surface area contributed by atoms with Crippen molar-refractivity contribution in [3.63, 3.8) is 0 Å². The van der Waals surface area contributed by atoms with E-state index in [1.54, 1.807) is 0 Å². The van der Waals surface area contributed by atoms with Crippen LogP contribution in [0.25, 0.3) is 0 Å². The molecular weight excluding hydrogens is 368 g/mol. The zero-order chi connectivity index (χ0) is 21.2. The van der Waals surface area contributed by atoms with Crippen molar-refractivity contribution in [1.29, 1.82) is 0 Å². The van der Waals surface area contributed by atoms with Crippen LogP contribution in [0.4, 0.5) is 0 Å². The standard InChI is InChI=1S/C23H38N2O2S/c1-14(2)19-12-20(15(3)4)23(21(13-19)16(5)6)28(26,27)25-24-22-11-17(7)9-10-18(22)8/h12-18,25H,9-11H2,1-8H3/b24-22-. The Hall–Kier alpha value is -1.36. The van der Waals surface area contributed by atoms with E-state index in [2.05, 4.69) is 77.5 Å². The van der Waals surface area contributed by atoms with Crippen molar-refractivity contribution < 1.29 is 8.42 Å². The maximum atomic E-state index is 13.4. The van der Waals surface area contributed by atoms with Crippen molar-refractivity contribution in [2.24, 2.45) is 16.9 Å². The van der Waals surface area contributed by atoms with Gasteiger partial charge in [0.25, 0.3) is 10.0 Å². The Kier molecular flexibility index (Phi) is 7.35. The number of hydrogen-bond acceptors (Lipinski definition) is 3. The van der Waals surface area contributed by atoms with Gasteiger partial charge in [-0.1, -0.05) is 67.5 Å². The number of nitrogens with zero attached hydrogens (tertiary/aromatic N) is 1. The van der Waals surface area contributed by atoms with Crippen LogP contribution < -0.4 is 4.83 Å². The van der Waals surface area contributed by atoms with E-state index in [1.807, 2.05) is 0 Å². The molecule has 158 valence electrons. The number of hydrogen-bond donors (Lipinski definition) is 1. The maximum Gasteiger partial charge on any atom is 0.277 e. The van der Waals surface area contributed by atoms with E-state index in [-0.39, 0.29) is 11.8 Å². The molecule has 1 fully saturated rings. The first-order valence-corrected chi connectivity index (χ1v) is 12.2. The summed E-state index contributed by atoms with van der Waals surface area (Å²) in [5.74, 6) is 1.47. The van der Waals surface area contributed by atoms with Gasteiger partial charge < -0.3 is 0 Å². The first kappa shape index (κ1) is 22.9. The fraction of sp³-hybridized carbons (Fsp3) is 0.696. The fourth-order valence-electron chi connectivity index (χ4n) is 3.88. The van der Waals surface area contributed by atoms with E-state index in [0.717, 1.165) is 29.7 Å². The predicted octanol–water partition coefficient (Wildman–Crippen LogP) is 6.15. The molecule has 0 aliphatic heterocycles. The lowest BCUT2D eigenvalue weighted by Crippen LogP contribution is -2.28. The SMILES string of the molecule is CC1CCC(C)/C(=N\NS(=O)(=O)c2c(C(C)C)cc(C(C)C)cc2C(C)C)C1. The Balaban J connectivity index is 2.54. The molecule has 5 heteroatoms. The Labute approximate surface area is 172 Å². The summed E-state index contributed by atoms with van der Waals surface area (Å²) in [7, 11) is -3.73. The molecule has 0 bridgehead atoms.